The van der Waals surface area contributed by atoms with Crippen molar-refractivity contribution in [1.82, 2.24) is 0 Å². The fraction of sp³-hybridized carbons (Fsp3) is 0.125. The molecule has 1 aromatic carbocycles. The van der Waals surface area contributed by atoms with E-state index >= 15 is 0 Å². The van der Waals surface area contributed by atoms with Gasteiger partial charge in [-0.15, -0.1) is 0 Å². The van der Waals surface area contributed by atoms with Crippen LogP contribution in [0.4, 0.5) is 5.69 Å². The van der Waals surface area contributed by atoms with E-state index < -0.39 is 6.10 Å². The zero-order chi connectivity index (χ0) is 7.68. The maximum absolute atomic E-state index is 10.4. The summed E-state index contributed by atoms with van der Waals surface area (Å²) in [6.07, 6.45) is 0.338. The number of aldehydes is 1. The van der Waals surface area contributed by atoms with Crippen LogP contribution in [-0.4, -0.2) is 6.29 Å². The molecular formula is C8H7NO2. The number of benzene rings is 1. The molecule has 11 heavy (non-hydrogen) atoms. The molecule has 0 aliphatic carbocycles. The van der Waals surface area contributed by atoms with E-state index in [1.54, 1.807) is 0 Å². The Morgan fingerprint density at radius 3 is 3.09 bits per heavy atom. The molecule has 56 valence electrons. The van der Waals surface area contributed by atoms with Crippen molar-refractivity contribution in [2.45, 2.75) is 6.10 Å². The number of carbonyl (C=O) groups is 1. The van der Waals surface area contributed by atoms with Crippen LogP contribution in [0.1, 0.15) is 11.7 Å². The maximum atomic E-state index is 10.4. The lowest BCUT2D eigenvalue weighted by atomic mass is 10.1. The molecule has 0 saturated heterocycles. The first-order valence-corrected chi connectivity index (χ1v) is 3.37. The third-order valence-electron chi connectivity index (χ3n) is 1.69. The van der Waals surface area contributed by atoms with Crippen molar-refractivity contribution in [3.05, 3.63) is 29.8 Å². The van der Waals surface area contributed by atoms with Gasteiger partial charge in [-0.1, -0.05) is 18.2 Å². The zero-order valence-electron chi connectivity index (χ0n) is 5.78. The highest BCUT2D eigenvalue weighted by molar-refractivity contribution is 5.68. The number of rotatable bonds is 1. The summed E-state index contributed by atoms with van der Waals surface area (Å²) < 4.78 is 0. The van der Waals surface area contributed by atoms with Gasteiger partial charge in [0.2, 0.25) is 0 Å². The maximum Gasteiger partial charge on any atom is 0.167 e. The Morgan fingerprint density at radius 2 is 2.27 bits per heavy atom. The van der Waals surface area contributed by atoms with Crippen LogP contribution >= 0.6 is 0 Å². The molecule has 1 atom stereocenters. The van der Waals surface area contributed by atoms with Crippen LogP contribution in [0.2, 0.25) is 0 Å². The first kappa shape index (κ1) is 6.37. The van der Waals surface area contributed by atoms with Gasteiger partial charge in [-0.05, 0) is 6.07 Å². The summed E-state index contributed by atoms with van der Waals surface area (Å²) >= 11 is 0. The highest BCUT2D eigenvalue weighted by Crippen LogP contribution is 2.30. The van der Waals surface area contributed by atoms with E-state index in [0.717, 1.165) is 17.5 Å². The van der Waals surface area contributed by atoms with Gasteiger partial charge < -0.3 is 0 Å². The van der Waals surface area contributed by atoms with E-state index in [9.17, 15) is 4.79 Å². The predicted octanol–water partition coefficient (Wildman–Crippen LogP) is 1.28. The largest absolute Gasteiger partial charge is 0.300 e. The quantitative estimate of drug-likeness (QED) is 0.611. The molecule has 0 amide bonds. The minimum Gasteiger partial charge on any atom is -0.300 e. The van der Waals surface area contributed by atoms with Gasteiger partial charge in [-0.25, -0.2) is 0 Å². The summed E-state index contributed by atoms with van der Waals surface area (Å²) in [5.41, 5.74) is 4.45. The number of hydrogen-bond acceptors (Lipinski definition) is 3. The Hall–Kier alpha value is -1.35. The fourth-order valence-corrected chi connectivity index (χ4v) is 1.13. The lowest BCUT2D eigenvalue weighted by molar-refractivity contribution is -0.115. The monoisotopic (exact) mass is 149 g/mol. The van der Waals surface area contributed by atoms with Crippen molar-refractivity contribution in [3.63, 3.8) is 0 Å². The number of anilines is 1. The van der Waals surface area contributed by atoms with Crippen LogP contribution in [0.3, 0.4) is 0 Å². The molecule has 1 heterocycles. The molecule has 0 fully saturated rings. The normalized spacial score (nSPS) is 20.5. The van der Waals surface area contributed by atoms with Crippen LogP contribution < -0.4 is 5.48 Å². The molecule has 1 aliphatic heterocycles. The van der Waals surface area contributed by atoms with Crippen molar-refractivity contribution in [1.29, 1.82) is 0 Å². The Kier molecular flexibility index (Phi) is 1.36. The third-order valence-corrected chi connectivity index (χ3v) is 1.69. The predicted molar refractivity (Wildman–Crippen MR) is 40.0 cm³/mol. The molecule has 1 aromatic rings. The van der Waals surface area contributed by atoms with Crippen molar-refractivity contribution >= 4 is 12.0 Å². The second-order valence-corrected chi connectivity index (χ2v) is 2.36. The number of fused-ring (bicyclic) bond motifs is 1. The van der Waals surface area contributed by atoms with Crippen LogP contribution in [-0.2, 0) is 9.63 Å². The summed E-state index contributed by atoms with van der Waals surface area (Å²) in [4.78, 5) is 15.4. The lowest BCUT2D eigenvalue weighted by Gasteiger charge is -1.96. The van der Waals surface area contributed by atoms with E-state index in [0.29, 0.717) is 0 Å². The lowest BCUT2D eigenvalue weighted by Crippen LogP contribution is -1.98. The van der Waals surface area contributed by atoms with Crippen LogP contribution in [0, 0.1) is 0 Å². The van der Waals surface area contributed by atoms with Gasteiger partial charge >= 0.3 is 0 Å². The average Bonchev–Trinajstić information content (AvgIpc) is 2.47. The summed E-state index contributed by atoms with van der Waals surface area (Å²) in [6.45, 7) is 0. The minimum absolute atomic E-state index is 0.439. The molecule has 3 heteroatoms. The number of hydrogen-bond donors (Lipinski definition) is 1. The van der Waals surface area contributed by atoms with Gasteiger partial charge in [0.15, 0.2) is 12.4 Å². The first-order valence-electron chi connectivity index (χ1n) is 3.37. The van der Waals surface area contributed by atoms with Gasteiger partial charge in [0.05, 0.1) is 5.69 Å². The fourth-order valence-electron chi connectivity index (χ4n) is 1.13. The topological polar surface area (TPSA) is 38.3 Å². The highest BCUT2D eigenvalue weighted by Gasteiger charge is 2.21. The van der Waals surface area contributed by atoms with E-state index in [1.165, 1.54) is 0 Å². The highest BCUT2D eigenvalue weighted by atomic mass is 16.7. The van der Waals surface area contributed by atoms with E-state index in [4.69, 9.17) is 4.84 Å². The van der Waals surface area contributed by atoms with Crippen LogP contribution in [0.15, 0.2) is 24.3 Å². The molecule has 1 aliphatic rings. The Bertz CT molecular complexity index is 285. The van der Waals surface area contributed by atoms with Crippen molar-refractivity contribution in [2.24, 2.45) is 0 Å². The summed E-state index contributed by atoms with van der Waals surface area (Å²) in [7, 11) is 0. The number of nitrogens with one attached hydrogen (secondary N) is 1. The molecule has 1 N–H and O–H groups in total. The summed E-state index contributed by atoms with van der Waals surface area (Å²) in [5.74, 6) is 0. The van der Waals surface area contributed by atoms with E-state index in [1.807, 2.05) is 24.3 Å². The first-order chi connectivity index (χ1) is 5.42. The van der Waals surface area contributed by atoms with Gasteiger partial charge in [0.1, 0.15) is 0 Å². The van der Waals surface area contributed by atoms with Gasteiger partial charge in [0.25, 0.3) is 0 Å². The van der Waals surface area contributed by atoms with Gasteiger partial charge in [-0.3, -0.25) is 15.1 Å². The van der Waals surface area contributed by atoms with Gasteiger partial charge in [0, 0.05) is 5.56 Å². The summed E-state index contributed by atoms with van der Waals surface area (Å²) in [5, 5.41) is 0. The van der Waals surface area contributed by atoms with Crippen LogP contribution in [0.5, 0.6) is 0 Å². The molecule has 2 rings (SSSR count). The van der Waals surface area contributed by atoms with Crippen molar-refractivity contribution in [2.75, 3.05) is 5.48 Å². The molecule has 0 aromatic heterocycles. The molecule has 3 nitrogen and oxygen atoms in total. The second-order valence-electron chi connectivity index (χ2n) is 2.36. The van der Waals surface area contributed by atoms with E-state index in [2.05, 4.69) is 5.48 Å². The number of para-hydroxylation sites is 1. The van der Waals surface area contributed by atoms with E-state index in [-0.39, 0.29) is 0 Å². The Balaban J connectivity index is 2.46. The molecule has 0 saturated carbocycles. The SMILES string of the molecule is O=CC1ONc2ccccc21. The number of carbonyl (C=O) groups excluding carboxylic acids is 1. The molecule has 0 spiro atoms. The zero-order valence-corrected chi connectivity index (χ0v) is 5.78. The van der Waals surface area contributed by atoms with Crippen LogP contribution in [0.25, 0.3) is 0 Å². The Morgan fingerprint density at radius 1 is 1.45 bits per heavy atom. The minimum atomic E-state index is -0.439. The van der Waals surface area contributed by atoms with Gasteiger partial charge in [-0.2, -0.15) is 0 Å². The van der Waals surface area contributed by atoms with Crippen molar-refractivity contribution in [3.8, 4) is 0 Å². The van der Waals surface area contributed by atoms with Crippen molar-refractivity contribution < 1.29 is 9.63 Å². The standard InChI is InChI=1S/C8H7NO2/c10-5-8-6-3-1-2-4-7(6)9-11-8/h1-5,8-9H. The Labute approximate surface area is 63.9 Å². The third kappa shape index (κ3) is 0.897. The molecular weight excluding hydrogens is 142 g/mol. The second kappa shape index (κ2) is 2.36. The smallest absolute Gasteiger partial charge is 0.167 e. The molecule has 0 bridgehead atoms. The molecule has 1 unspecified atom stereocenters. The average molecular weight is 149 g/mol. The molecule has 0 radical (unpaired) electrons. The summed E-state index contributed by atoms with van der Waals surface area (Å²) in [6, 6.07) is 7.52.